The molecule has 1 aromatic heterocycles. The van der Waals surface area contributed by atoms with Crippen LogP contribution in [0.4, 0.5) is 0 Å². The highest BCUT2D eigenvalue weighted by molar-refractivity contribution is 5.76. The van der Waals surface area contributed by atoms with Crippen LogP contribution in [0.3, 0.4) is 0 Å². The Bertz CT molecular complexity index is 589. The molecule has 4 nitrogen and oxygen atoms in total. The summed E-state index contributed by atoms with van der Waals surface area (Å²) >= 11 is 0. The highest BCUT2D eigenvalue weighted by Crippen LogP contribution is 2.16. The number of aromatic nitrogens is 2. The lowest BCUT2D eigenvalue weighted by Gasteiger charge is -2.16. The van der Waals surface area contributed by atoms with Crippen LogP contribution in [-0.4, -0.2) is 15.7 Å². The van der Waals surface area contributed by atoms with Gasteiger partial charge in [0.15, 0.2) is 0 Å². The van der Waals surface area contributed by atoms with Crippen molar-refractivity contribution in [1.82, 2.24) is 15.1 Å². The van der Waals surface area contributed by atoms with Crippen LogP contribution in [0.25, 0.3) is 0 Å². The van der Waals surface area contributed by atoms with Gasteiger partial charge in [-0.15, -0.1) is 0 Å². The van der Waals surface area contributed by atoms with E-state index in [1.165, 1.54) is 5.56 Å². The van der Waals surface area contributed by atoms with Gasteiger partial charge in [-0.25, -0.2) is 0 Å². The highest BCUT2D eigenvalue weighted by atomic mass is 16.1. The maximum absolute atomic E-state index is 12.0. The van der Waals surface area contributed by atoms with Gasteiger partial charge in [0, 0.05) is 19.2 Å². The average Bonchev–Trinajstić information content (AvgIpc) is 2.82. The lowest BCUT2D eigenvalue weighted by Crippen LogP contribution is -2.27. The molecule has 0 aliphatic carbocycles. The van der Waals surface area contributed by atoms with E-state index in [1.54, 1.807) is 10.9 Å². The van der Waals surface area contributed by atoms with Crippen molar-refractivity contribution >= 4 is 5.91 Å². The predicted molar refractivity (Wildman–Crippen MR) is 79.3 cm³/mol. The van der Waals surface area contributed by atoms with Gasteiger partial charge in [-0.1, -0.05) is 24.3 Å². The van der Waals surface area contributed by atoms with Gasteiger partial charge >= 0.3 is 0 Å². The third-order valence-electron chi connectivity index (χ3n) is 3.36. The number of nitrogens with one attached hydrogen (secondary N) is 1. The summed E-state index contributed by atoms with van der Waals surface area (Å²) in [6, 6.07) is 8.15. The van der Waals surface area contributed by atoms with Crippen molar-refractivity contribution in [3.63, 3.8) is 0 Å². The number of carbonyl (C=O) groups excluding carboxylic acids is 1. The summed E-state index contributed by atoms with van der Waals surface area (Å²) < 4.78 is 1.80. The van der Waals surface area contributed by atoms with Crippen molar-refractivity contribution in [3.8, 4) is 0 Å². The lowest BCUT2D eigenvalue weighted by atomic mass is 10.0. The number of nitrogens with zero attached hydrogens (tertiary/aromatic N) is 2. The van der Waals surface area contributed by atoms with E-state index in [4.69, 9.17) is 0 Å². The molecule has 20 heavy (non-hydrogen) atoms. The molecule has 1 atom stereocenters. The fraction of sp³-hybridized carbons (Fsp3) is 0.375. The Labute approximate surface area is 119 Å². The molecule has 2 aromatic rings. The van der Waals surface area contributed by atoms with Crippen LogP contribution in [0.2, 0.25) is 0 Å². The molecule has 2 rings (SSSR count). The van der Waals surface area contributed by atoms with E-state index in [1.807, 2.05) is 32.2 Å². The summed E-state index contributed by atoms with van der Waals surface area (Å²) in [7, 11) is 0. The Morgan fingerprint density at radius 2 is 2.10 bits per heavy atom. The fourth-order valence-corrected chi connectivity index (χ4v) is 2.27. The first kappa shape index (κ1) is 14.3. The molecule has 0 fully saturated rings. The Balaban J connectivity index is 1.87. The molecule has 4 heteroatoms. The quantitative estimate of drug-likeness (QED) is 0.909. The third kappa shape index (κ3) is 3.70. The second kappa shape index (κ2) is 6.37. The first-order chi connectivity index (χ1) is 9.56. The zero-order valence-corrected chi connectivity index (χ0v) is 12.3. The number of rotatable bonds is 5. The zero-order chi connectivity index (χ0) is 14.5. The van der Waals surface area contributed by atoms with E-state index < -0.39 is 0 Å². The number of hydrogen-bond donors (Lipinski definition) is 1. The van der Waals surface area contributed by atoms with Crippen LogP contribution in [0.1, 0.15) is 36.1 Å². The minimum absolute atomic E-state index is 0.0306. The fourth-order valence-electron chi connectivity index (χ4n) is 2.27. The molecule has 1 heterocycles. The summed E-state index contributed by atoms with van der Waals surface area (Å²) in [4.78, 5) is 12.0. The van der Waals surface area contributed by atoms with Gasteiger partial charge in [-0.2, -0.15) is 5.10 Å². The second-order valence-electron chi connectivity index (χ2n) is 5.18. The molecule has 0 aliphatic rings. The Kier molecular flexibility index (Phi) is 4.56. The predicted octanol–water partition coefficient (Wildman–Crippen LogP) is 2.77. The van der Waals surface area contributed by atoms with Gasteiger partial charge in [-0.3, -0.25) is 9.48 Å². The van der Waals surface area contributed by atoms with Crippen molar-refractivity contribution in [2.24, 2.45) is 0 Å². The lowest BCUT2D eigenvalue weighted by molar-refractivity contribution is -0.122. The second-order valence-corrected chi connectivity index (χ2v) is 5.18. The first-order valence-electron chi connectivity index (χ1n) is 6.90. The molecule has 0 saturated heterocycles. The van der Waals surface area contributed by atoms with E-state index in [0.29, 0.717) is 13.0 Å². The number of amides is 1. The number of hydrogen-bond acceptors (Lipinski definition) is 2. The van der Waals surface area contributed by atoms with Gasteiger partial charge in [0.05, 0.1) is 12.2 Å². The third-order valence-corrected chi connectivity index (χ3v) is 3.36. The van der Waals surface area contributed by atoms with Gasteiger partial charge < -0.3 is 5.32 Å². The van der Waals surface area contributed by atoms with E-state index in [-0.39, 0.29) is 11.9 Å². The van der Waals surface area contributed by atoms with Crippen molar-refractivity contribution in [3.05, 3.63) is 53.3 Å². The van der Waals surface area contributed by atoms with Crippen molar-refractivity contribution in [2.45, 2.75) is 39.8 Å². The van der Waals surface area contributed by atoms with Crippen molar-refractivity contribution in [2.75, 3.05) is 0 Å². The maximum atomic E-state index is 12.0. The van der Waals surface area contributed by atoms with E-state index in [9.17, 15) is 4.79 Å². The summed E-state index contributed by atoms with van der Waals surface area (Å²) in [6.07, 6.45) is 4.18. The molecule has 1 unspecified atom stereocenters. The SMILES string of the molecule is Cc1cnn(CCC(=O)NC(C)c2ccccc2C)c1. The molecule has 0 radical (unpaired) electrons. The minimum atomic E-state index is 0.0306. The zero-order valence-electron chi connectivity index (χ0n) is 12.3. The van der Waals surface area contributed by atoms with E-state index in [0.717, 1.165) is 11.1 Å². The first-order valence-corrected chi connectivity index (χ1v) is 6.90. The smallest absolute Gasteiger partial charge is 0.222 e. The Morgan fingerprint density at radius 3 is 2.75 bits per heavy atom. The molecule has 1 N–H and O–H groups in total. The van der Waals surface area contributed by atoms with Gasteiger partial charge in [-0.05, 0) is 37.5 Å². The molecular weight excluding hydrogens is 250 g/mol. The van der Waals surface area contributed by atoms with Crippen LogP contribution in [0.5, 0.6) is 0 Å². The van der Waals surface area contributed by atoms with Crippen molar-refractivity contribution < 1.29 is 4.79 Å². The maximum Gasteiger partial charge on any atom is 0.222 e. The monoisotopic (exact) mass is 271 g/mol. The molecular formula is C16H21N3O. The number of aryl methyl sites for hydroxylation is 3. The molecule has 0 bridgehead atoms. The highest BCUT2D eigenvalue weighted by Gasteiger charge is 2.11. The molecule has 106 valence electrons. The molecule has 0 spiro atoms. The van der Waals surface area contributed by atoms with Crippen LogP contribution < -0.4 is 5.32 Å². The number of carbonyl (C=O) groups is 1. The average molecular weight is 271 g/mol. The van der Waals surface area contributed by atoms with Crippen LogP contribution >= 0.6 is 0 Å². The van der Waals surface area contributed by atoms with Crippen molar-refractivity contribution in [1.29, 1.82) is 0 Å². The summed E-state index contributed by atoms with van der Waals surface area (Å²) in [5.74, 6) is 0.0499. The number of benzene rings is 1. The molecule has 1 amide bonds. The summed E-state index contributed by atoms with van der Waals surface area (Å²) in [5, 5.41) is 7.21. The summed E-state index contributed by atoms with van der Waals surface area (Å²) in [5.41, 5.74) is 3.47. The topological polar surface area (TPSA) is 46.9 Å². The summed E-state index contributed by atoms with van der Waals surface area (Å²) in [6.45, 7) is 6.67. The molecule has 0 aliphatic heterocycles. The van der Waals surface area contributed by atoms with Gasteiger partial charge in [0.2, 0.25) is 5.91 Å². The van der Waals surface area contributed by atoms with Gasteiger partial charge in [0.1, 0.15) is 0 Å². The molecule has 0 saturated carbocycles. The Morgan fingerprint density at radius 1 is 1.35 bits per heavy atom. The van der Waals surface area contributed by atoms with Crippen LogP contribution in [-0.2, 0) is 11.3 Å². The van der Waals surface area contributed by atoms with Crippen LogP contribution in [0, 0.1) is 13.8 Å². The largest absolute Gasteiger partial charge is 0.350 e. The van der Waals surface area contributed by atoms with E-state index >= 15 is 0 Å². The van der Waals surface area contributed by atoms with Gasteiger partial charge in [0.25, 0.3) is 0 Å². The minimum Gasteiger partial charge on any atom is -0.350 e. The van der Waals surface area contributed by atoms with E-state index in [2.05, 4.69) is 29.5 Å². The standard InChI is InChI=1S/C16H21N3O/c1-12-10-17-19(11-12)9-8-16(20)18-14(3)15-7-5-4-6-13(15)2/h4-7,10-11,14H,8-9H2,1-3H3,(H,18,20). The Hall–Kier alpha value is -2.10. The molecule has 1 aromatic carbocycles. The van der Waals surface area contributed by atoms with Crippen LogP contribution in [0.15, 0.2) is 36.7 Å². The normalized spacial score (nSPS) is 12.2.